The maximum absolute atomic E-state index is 13.4. The normalized spacial score (nSPS) is 20.9. The van der Waals surface area contributed by atoms with Crippen molar-refractivity contribution in [3.8, 4) is 11.1 Å². The second-order valence-corrected chi connectivity index (χ2v) is 9.22. The Morgan fingerprint density at radius 2 is 1.71 bits per heavy atom. The first kappa shape index (κ1) is 24.7. The van der Waals surface area contributed by atoms with E-state index in [1.165, 1.54) is 4.90 Å². The molecule has 4 atom stereocenters. The summed E-state index contributed by atoms with van der Waals surface area (Å²) in [5.74, 6) is -1.87. The van der Waals surface area contributed by atoms with Crippen molar-refractivity contribution >= 4 is 18.0 Å². The first-order valence-corrected chi connectivity index (χ1v) is 12.1. The fourth-order valence-electron chi connectivity index (χ4n) is 5.03. The number of hydrogen-bond donors (Lipinski definition) is 2. The van der Waals surface area contributed by atoms with Crippen LogP contribution in [0, 0.1) is 5.92 Å². The molecule has 2 aliphatic rings. The summed E-state index contributed by atoms with van der Waals surface area (Å²) in [6, 6.07) is 14.1. The van der Waals surface area contributed by atoms with Gasteiger partial charge in [0.05, 0.1) is 12.7 Å². The fraction of sp³-hybridized carbons (Fsp3) is 0.444. The summed E-state index contributed by atoms with van der Waals surface area (Å²) in [5, 5.41) is 12.4. The van der Waals surface area contributed by atoms with E-state index in [9.17, 15) is 19.5 Å². The van der Waals surface area contributed by atoms with Gasteiger partial charge in [0.25, 0.3) is 0 Å². The summed E-state index contributed by atoms with van der Waals surface area (Å²) in [6.07, 6.45) is -0.714. The van der Waals surface area contributed by atoms with E-state index < -0.39 is 36.2 Å². The van der Waals surface area contributed by atoms with Gasteiger partial charge >= 0.3 is 12.1 Å². The van der Waals surface area contributed by atoms with Gasteiger partial charge < -0.3 is 24.8 Å². The number of aliphatic carboxylic acids is 1. The molecule has 8 nitrogen and oxygen atoms in total. The van der Waals surface area contributed by atoms with Crippen LogP contribution in [0.15, 0.2) is 48.5 Å². The van der Waals surface area contributed by atoms with E-state index in [1.807, 2.05) is 50.2 Å². The predicted molar refractivity (Wildman–Crippen MR) is 130 cm³/mol. The van der Waals surface area contributed by atoms with Gasteiger partial charge in [-0.1, -0.05) is 68.8 Å². The highest BCUT2D eigenvalue weighted by Crippen LogP contribution is 2.44. The van der Waals surface area contributed by atoms with Crippen molar-refractivity contribution in [1.29, 1.82) is 0 Å². The third-order valence-corrected chi connectivity index (χ3v) is 7.13. The molecule has 0 aromatic heterocycles. The third-order valence-electron chi connectivity index (χ3n) is 7.13. The van der Waals surface area contributed by atoms with Gasteiger partial charge in [-0.2, -0.15) is 0 Å². The number of morpholine rings is 1. The Hall–Kier alpha value is -3.39. The molecule has 0 saturated carbocycles. The summed E-state index contributed by atoms with van der Waals surface area (Å²) in [6.45, 7) is 5.93. The van der Waals surface area contributed by atoms with E-state index in [4.69, 9.17) is 9.47 Å². The molecule has 1 fully saturated rings. The molecule has 1 aliphatic heterocycles. The van der Waals surface area contributed by atoms with Crippen LogP contribution < -0.4 is 5.32 Å². The Balaban J connectivity index is 1.47. The van der Waals surface area contributed by atoms with Crippen molar-refractivity contribution in [2.45, 2.75) is 51.3 Å². The van der Waals surface area contributed by atoms with Crippen molar-refractivity contribution in [3.63, 3.8) is 0 Å². The van der Waals surface area contributed by atoms with Crippen molar-refractivity contribution < 1.29 is 29.0 Å². The van der Waals surface area contributed by atoms with E-state index in [1.54, 1.807) is 6.92 Å². The highest BCUT2D eigenvalue weighted by Gasteiger charge is 2.42. The molecule has 8 heteroatoms. The molecule has 2 unspecified atom stereocenters. The molecule has 0 spiro atoms. The number of nitrogens with one attached hydrogen (secondary N) is 1. The zero-order chi connectivity index (χ0) is 25.1. The fourth-order valence-corrected chi connectivity index (χ4v) is 5.03. The van der Waals surface area contributed by atoms with Crippen molar-refractivity contribution in [2.75, 3.05) is 19.8 Å². The SMILES string of the molecule is CC[C@H](C)[C@H](NC(=O)OCC1c2ccccc2-c2ccccc21)C(=O)N1CCOC(C)C1C(=O)O. The van der Waals surface area contributed by atoms with Crippen LogP contribution in [-0.4, -0.2) is 65.9 Å². The van der Waals surface area contributed by atoms with Crippen LogP contribution in [0.25, 0.3) is 11.1 Å². The number of nitrogens with zero attached hydrogens (tertiary/aromatic N) is 1. The van der Waals surface area contributed by atoms with Crippen LogP contribution in [0.3, 0.4) is 0 Å². The Labute approximate surface area is 205 Å². The van der Waals surface area contributed by atoms with E-state index in [0.29, 0.717) is 6.42 Å². The molecule has 4 rings (SSSR count). The van der Waals surface area contributed by atoms with Crippen LogP contribution in [0.1, 0.15) is 44.2 Å². The molecule has 2 amide bonds. The van der Waals surface area contributed by atoms with Crippen molar-refractivity contribution in [1.82, 2.24) is 10.2 Å². The lowest BCUT2D eigenvalue weighted by Crippen LogP contribution is -2.62. The second kappa shape index (κ2) is 10.5. The summed E-state index contributed by atoms with van der Waals surface area (Å²) < 4.78 is 11.1. The van der Waals surface area contributed by atoms with Crippen LogP contribution in [0.2, 0.25) is 0 Å². The lowest BCUT2D eigenvalue weighted by Gasteiger charge is -2.39. The monoisotopic (exact) mass is 480 g/mol. The number of rotatable bonds is 7. The molecule has 0 radical (unpaired) electrons. The number of carboxylic acids is 1. The summed E-state index contributed by atoms with van der Waals surface area (Å²) in [5.41, 5.74) is 4.46. The number of carboxylic acid groups (broad SMARTS) is 1. The standard InChI is InChI=1S/C27H32N2O6/c1-4-16(2)23(25(30)29-13-14-34-17(3)24(29)26(31)32)28-27(33)35-15-22-20-11-7-5-9-18(20)19-10-6-8-12-21(19)22/h5-12,16-17,22-24H,4,13-15H2,1-3H3,(H,28,33)(H,31,32)/t16-,17?,23-,24?/m0/s1. The van der Waals surface area contributed by atoms with Gasteiger partial charge in [0.15, 0.2) is 6.04 Å². The van der Waals surface area contributed by atoms with Gasteiger partial charge in [-0.25, -0.2) is 9.59 Å². The van der Waals surface area contributed by atoms with Crippen LogP contribution in [0.4, 0.5) is 4.79 Å². The van der Waals surface area contributed by atoms with Gasteiger partial charge in [0.1, 0.15) is 12.6 Å². The first-order chi connectivity index (χ1) is 16.8. The van der Waals surface area contributed by atoms with Gasteiger partial charge in [0.2, 0.25) is 5.91 Å². The zero-order valence-corrected chi connectivity index (χ0v) is 20.3. The number of benzene rings is 2. The molecule has 2 aromatic carbocycles. The van der Waals surface area contributed by atoms with Crippen molar-refractivity contribution in [2.24, 2.45) is 5.92 Å². The van der Waals surface area contributed by atoms with Crippen molar-refractivity contribution in [3.05, 3.63) is 59.7 Å². The molecule has 35 heavy (non-hydrogen) atoms. The molecule has 2 N–H and O–H groups in total. The number of carbonyl (C=O) groups excluding carboxylic acids is 2. The lowest BCUT2D eigenvalue weighted by atomic mass is 9.96. The lowest BCUT2D eigenvalue weighted by molar-refractivity contribution is -0.166. The Kier molecular flexibility index (Phi) is 7.40. The highest BCUT2D eigenvalue weighted by atomic mass is 16.5. The average molecular weight is 481 g/mol. The van der Waals surface area contributed by atoms with E-state index in [0.717, 1.165) is 22.3 Å². The third kappa shape index (κ3) is 4.89. The number of amides is 2. The smallest absolute Gasteiger partial charge is 0.407 e. The molecule has 1 aliphatic carbocycles. The quantitative estimate of drug-likeness (QED) is 0.627. The van der Waals surface area contributed by atoms with Gasteiger partial charge in [-0.3, -0.25) is 4.79 Å². The molecule has 186 valence electrons. The number of carbonyl (C=O) groups is 3. The number of ether oxygens (including phenoxy) is 2. The average Bonchev–Trinajstić information content (AvgIpc) is 3.18. The first-order valence-electron chi connectivity index (χ1n) is 12.1. The van der Waals surface area contributed by atoms with Gasteiger partial charge in [-0.05, 0) is 35.1 Å². The Morgan fingerprint density at radius 3 is 2.29 bits per heavy atom. The zero-order valence-electron chi connectivity index (χ0n) is 20.3. The summed E-state index contributed by atoms with van der Waals surface area (Å²) >= 11 is 0. The Morgan fingerprint density at radius 1 is 1.11 bits per heavy atom. The number of hydrogen-bond acceptors (Lipinski definition) is 5. The molecule has 2 aromatic rings. The predicted octanol–water partition coefficient (Wildman–Crippen LogP) is 3.64. The van der Waals surface area contributed by atoms with E-state index in [-0.39, 0.29) is 31.6 Å². The van der Waals surface area contributed by atoms with E-state index in [2.05, 4.69) is 17.4 Å². The van der Waals surface area contributed by atoms with Gasteiger partial charge in [0, 0.05) is 12.5 Å². The second-order valence-electron chi connectivity index (χ2n) is 9.22. The van der Waals surface area contributed by atoms with Crippen LogP contribution in [0.5, 0.6) is 0 Å². The summed E-state index contributed by atoms with van der Waals surface area (Å²) in [4.78, 5) is 39.4. The molecule has 1 saturated heterocycles. The topological polar surface area (TPSA) is 105 Å². The maximum atomic E-state index is 13.4. The minimum Gasteiger partial charge on any atom is -0.480 e. The summed E-state index contributed by atoms with van der Waals surface area (Å²) in [7, 11) is 0. The van der Waals surface area contributed by atoms with Crippen LogP contribution >= 0.6 is 0 Å². The van der Waals surface area contributed by atoms with Crippen LogP contribution in [-0.2, 0) is 19.1 Å². The molecular weight excluding hydrogens is 448 g/mol. The minimum atomic E-state index is -1.13. The number of alkyl carbamates (subject to hydrolysis) is 1. The Bertz CT molecular complexity index is 1060. The molecule has 0 bridgehead atoms. The molecular formula is C27H32N2O6. The van der Waals surface area contributed by atoms with E-state index >= 15 is 0 Å². The largest absolute Gasteiger partial charge is 0.480 e. The minimum absolute atomic E-state index is 0.0950. The molecule has 1 heterocycles. The highest BCUT2D eigenvalue weighted by molar-refractivity contribution is 5.90. The number of fused-ring (bicyclic) bond motifs is 3. The van der Waals surface area contributed by atoms with Gasteiger partial charge in [-0.15, -0.1) is 0 Å². The maximum Gasteiger partial charge on any atom is 0.407 e.